The van der Waals surface area contributed by atoms with Crippen LogP contribution in [0.25, 0.3) is 4.85 Å². The third-order valence-electron chi connectivity index (χ3n) is 3.02. The molecule has 96 valence electrons. The molecule has 1 amide bonds. The third kappa shape index (κ3) is 4.74. The highest BCUT2D eigenvalue weighted by Gasteiger charge is 2.32. The first-order valence-corrected chi connectivity index (χ1v) is 6.31. The van der Waals surface area contributed by atoms with Gasteiger partial charge in [-0.25, -0.2) is 6.57 Å². The van der Waals surface area contributed by atoms with E-state index in [-0.39, 0.29) is 12.1 Å². The van der Waals surface area contributed by atoms with Gasteiger partial charge in [0.15, 0.2) is 0 Å². The summed E-state index contributed by atoms with van der Waals surface area (Å²) in [4.78, 5) is 17.0. The minimum absolute atomic E-state index is 0.0670. The number of carbonyl (C=O) groups is 1. The Labute approximate surface area is 104 Å². The van der Waals surface area contributed by atoms with Crippen molar-refractivity contribution in [1.82, 2.24) is 10.2 Å². The van der Waals surface area contributed by atoms with E-state index in [0.717, 1.165) is 32.4 Å². The van der Waals surface area contributed by atoms with E-state index >= 15 is 0 Å². The largest absolute Gasteiger partial charge is 0.308 e. The summed E-state index contributed by atoms with van der Waals surface area (Å²) in [7, 11) is 0. The lowest BCUT2D eigenvalue weighted by atomic mass is 9.92. The summed E-state index contributed by atoms with van der Waals surface area (Å²) in [5.74, 6) is 0.0670. The Hall–Kier alpha value is -1.08. The normalized spacial score (nSPS) is 20.4. The molecular formula is C13H23N3O. The highest BCUT2D eigenvalue weighted by molar-refractivity contribution is 5.79. The van der Waals surface area contributed by atoms with Crippen molar-refractivity contribution in [3.8, 4) is 0 Å². The Kier molecular flexibility index (Phi) is 4.95. The van der Waals surface area contributed by atoms with E-state index in [1.54, 1.807) is 4.90 Å². The molecule has 1 heterocycles. The average molecular weight is 237 g/mol. The van der Waals surface area contributed by atoms with E-state index < -0.39 is 0 Å². The lowest BCUT2D eigenvalue weighted by Gasteiger charge is -2.19. The lowest BCUT2D eigenvalue weighted by Crippen LogP contribution is -2.40. The molecule has 0 aromatic carbocycles. The van der Waals surface area contributed by atoms with Crippen LogP contribution in [0.5, 0.6) is 0 Å². The van der Waals surface area contributed by atoms with Crippen LogP contribution in [0.15, 0.2) is 0 Å². The Morgan fingerprint density at radius 3 is 2.82 bits per heavy atom. The molecule has 0 aromatic rings. The molecule has 1 aliphatic heterocycles. The maximum atomic E-state index is 11.9. The quantitative estimate of drug-likeness (QED) is 0.599. The zero-order valence-corrected chi connectivity index (χ0v) is 11.1. The van der Waals surface area contributed by atoms with Gasteiger partial charge < -0.3 is 5.32 Å². The SMILES string of the molecule is [C-]#[N+][C@@H]1CCCN1C(=O)CNCCC(C)(C)C. The maximum absolute atomic E-state index is 11.9. The van der Waals surface area contributed by atoms with Gasteiger partial charge in [0, 0.05) is 13.0 Å². The third-order valence-corrected chi connectivity index (χ3v) is 3.02. The fourth-order valence-corrected chi connectivity index (χ4v) is 1.93. The molecule has 0 radical (unpaired) electrons. The van der Waals surface area contributed by atoms with Gasteiger partial charge in [0.25, 0.3) is 0 Å². The molecule has 0 bridgehead atoms. The Morgan fingerprint density at radius 1 is 1.53 bits per heavy atom. The van der Waals surface area contributed by atoms with Crippen LogP contribution < -0.4 is 5.32 Å². The van der Waals surface area contributed by atoms with Crippen molar-refractivity contribution < 1.29 is 4.79 Å². The van der Waals surface area contributed by atoms with E-state index in [1.807, 2.05) is 0 Å². The molecule has 1 fully saturated rings. The van der Waals surface area contributed by atoms with Crippen LogP contribution in [-0.2, 0) is 4.79 Å². The fourth-order valence-electron chi connectivity index (χ4n) is 1.93. The Morgan fingerprint density at radius 2 is 2.24 bits per heavy atom. The molecule has 4 nitrogen and oxygen atoms in total. The maximum Gasteiger partial charge on any atom is 0.300 e. The second kappa shape index (κ2) is 6.02. The Bertz CT molecular complexity index is 301. The van der Waals surface area contributed by atoms with Gasteiger partial charge in [0.1, 0.15) is 0 Å². The zero-order chi connectivity index (χ0) is 12.9. The molecule has 1 rings (SSSR count). The molecule has 4 heteroatoms. The van der Waals surface area contributed by atoms with Crippen molar-refractivity contribution in [2.75, 3.05) is 19.6 Å². The smallest absolute Gasteiger partial charge is 0.300 e. The second-order valence-corrected chi connectivity index (χ2v) is 5.83. The van der Waals surface area contributed by atoms with Crippen LogP contribution in [0.2, 0.25) is 0 Å². The molecule has 0 aliphatic carbocycles. The molecule has 1 atom stereocenters. The minimum Gasteiger partial charge on any atom is -0.308 e. The molecular weight excluding hydrogens is 214 g/mol. The summed E-state index contributed by atoms with van der Waals surface area (Å²) in [6.45, 7) is 15.5. The van der Waals surface area contributed by atoms with E-state index in [1.165, 1.54) is 0 Å². The number of likely N-dealkylation sites (tertiary alicyclic amines) is 1. The summed E-state index contributed by atoms with van der Waals surface area (Å²) < 4.78 is 0. The van der Waals surface area contributed by atoms with Crippen LogP contribution >= 0.6 is 0 Å². The molecule has 1 saturated heterocycles. The number of hydrogen-bond acceptors (Lipinski definition) is 2. The summed E-state index contributed by atoms with van der Waals surface area (Å²) in [5, 5.41) is 3.17. The number of rotatable bonds is 4. The number of carbonyl (C=O) groups excluding carboxylic acids is 1. The van der Waals surface area contributed by atoms with Gasteiger partial charge >= 0.3 is 6.17 Å². The van der Waals surface area contributed by atoms with Crippen LogP contribution in [0.1, 0.15) is 40.0 Å². The van der Waals surface area contributed by atoms with Gasteiger partial charge in [-0.15, -0.1) is 0 Å². The van der Waals surface area contributed by atoms with Gasteiger partial charge in [-0.2, -0.15) is 0 Å². The molecule has 0 spiro atoms. The van der Waals surface area contributed by atoms with E-state index in [9.17, 15) is 4.79 Å². The molecule has 0 unspecified atom stereocenters. The summed E-state index contributed by atoms with van der Waals surface area (Å²) in [6, 6.07) is 0. The van der Waals surface area contributed by atoms with Crippen LogP contribution in [0.3, 0.4) is 0 Å². The monoisotopic (exact) mass is 237 g/mol. The van der Waals surface area contributed by atoms with Gasteiger partial charge in [0.2, 0.25) is 5.91 Å². The number of nitrogens with zero attached hydrogens (tertiary/aromatic N) is 2. The first-order valence-electron chi connectivity index (χ1n) is 6.31. The van der Waals surface area contributed by atoms with Crippen LogP contribution in [0, 0.1) is 12.0 Å². The Balaban J connectivity index is 2.24. The number of hydrogen-bond donors (Lipinski definition) is 1. The summed E-state index contributed by atoms with van der Waals surface area (Å²) in [6.07, 6.45) is 2.62. The molecule has 17 heavy (non-hydrogen) atoms. The molecule has 0 aromatic heterocycles. The lowest BCUT2D eigenvalue weighted by molar-refractivity contribution is -0.130. The van der Waals surface area contributed by atoms with Gasteiger partial charge in [0.05, 0.1) is 6.54 Å². The van der Waals surface area contributed by atoms with Gasteiger partial charge in [-0.1, -0.05) is 20.8 Å². The van der Waals surface area contributed by atoms with E-state index in [4.69, 9.17) is 6.57 Å². The standard InChI is InChI=1S/C13H23N3O/c1-13(2,3)7-8-15-10-12(17)16-9-5-6-11(16)14-4/h11,15H,5-10H2,1-3H3/t11-/m0/s1. The van der Waals surface area contributed by atoms with E-state index in [2.05, 4.69) is 30.9 Å². The molecule has 0 saturated carbocycles. The molecule has 1 N–H and O–H groups in total. The van der Waals surface area contributed by atoms with Crippen molar-refractivity contribution in [1.29, 1.82) is 0 Å². The van der Waals surface area contributed by atoms with Gasteiger partial charge in [-0.05, 0) is 24.8 Å². The van der Waals surface area contributed by atoms with Crippen molar-refractivity contribution in [3.05, 3.63) is 11.4 Å². The predicted octanol–water partition coefficient (Wildman–Crippen LogP) is 1.88. The minimum atomic E-state index is -0.216. The van der Waals surface area contributed by atoms with Crippen molar-refractivity contribution in [2.24, 2.45) is 5.41 Å². The predicted molar refractivity (Wildman–Crippen MR) is 68.3 cm³/mol. The van der Waals surface area contributed by atoms with Gasteiger partial charge in [-0.3, -0.25) is 14.5 Å². The first-order chi connectivity index (χ1) is 7.94. The first kappa shape index (κ1) is 14.0. The number of nitrogens with one attached hydrogen (secondary N) is 1. The number of amides is 1. The summed E-state index contributed by atoms with van der Waals surface area (Å²) in [5.41, 5.74) is 0.294. The zero-order valence-electron chi connectivity index (χ0n) is 11.1. The highest BCUT2D eigenvalue weighted by Crippen LogP contribution is 2.18. The average Bonchev–Trinajstić information content (AvgIpc) is 2.70. The van der Waals surface area contributed by atoms with Crippen LogP contribution in [-0.4, -0.2) is 36.6 Å². The summed E-state index contributed by atoms with van der Waals surface area (Å²) >= 11 is 0. The molecule has 1 aliphatic rings. The van der Waals surface area contributed by atoms with Crippen molar-refractivity contribution in [2.45, 2.75) is 46.2 Å². The van der Waals surface area contributed by atoms with E-state index in [0.29, 0.717) is 12.0 Å². The fraction of sp³-hybridized carbons (Fsp3) is 0.846. The highest BCUT2D eigenvalue weighted by atomic mass is 16.2. The topological polar surface area (TPSA) is 36.7 Å². The van der Waals surface area contributed by atoms with Crippen LogP contribution in [0.4, 0.5) is 0 Å². The second-order valence-electron chi connectivity index (χ2n) is 5.83. The van der Waals surface area contributed by atoms with Crippen molar-refractivity contribution >= 4 is 5.91 Å². The van der Waals surface area contributed by atoms with Crippen molar-refractivity contribution in [3.63, 3.8) is 0 Å².